The van der Waals surface area contributed by atoms with E-state index >= 15 is 0 Å². The van der Waals surface area contributed by atoms with Gasteiger partial charge in [0.15, 0.2) is 5.75 Å². The largest absolute Gasteiger partial charge is 0.461 e. The van der Waals surface area contributed by atoms with Gasteiger partial charge in [0.25, 0.3) is 5.56 Å². The molecule has 0 aliphatic rings. The van der Waals surface area contributed by atoms with E-state index in [0.717, 1.165) is 24.3 Å². The van der Waals surface area contributed by atoms with E-state index < -0.39 is 61.4 Å². The van der Waals surface area contributed by atoms with Crippen LogP contribution in [0.25, 0.3) is 5.69 Å². The summed E-state index contributed by atoms with van der Waals surface area (Å²) in [5.74, 6) is -4.52. The maximum absolute atomic E-state index is 13.5. The van der Waals surface area contributed by atoms with Crippen LogP contribution in [0.4, 0.5) is 22.0 Å². The van der Waals surface area contributed by atoms with Crippen molar-refractivity contribution in [3.05, 3.63) is 81.8 Å². The Hall–Kier alpha value is -3.81. The summed E-state index contributed by atoms with van der Waals surface area (Å²) in [5, 5.41) is 3.72. The van der Waals surface area contributed by atoms with E-state index in [9.17, 15) is 40.0 Å². The third-order valence-corrected chi connectivity index (χ3v) is 5.40. The highest BCUT2D eigenvalue weighted by Crippen LogP contribution is 2.33. The Balaban J connectivity index is 2.12. The summed E-state index contributed by atoms with van der Waals surface area (Å²) in [4.78, 5) is 23.7. The molecule has 1 heterocycles. The molecule has 34 heavy (non-hydrogen) atoms. The predicted molar refractivity (Wildman–Crippen MR) is 105 cm³/mol. The minimum Gasteiger partial charge on any atom is -0.461 e. The molecule has 0 N–H and O–H groups in total. The van der Waals surface area contributed by atoms with Gasteiger partial charge in [-0.1, -0.05) is 0 Å². The first kappa shape index (κ1) is 24.8. The van der Waals surface area contributed by atoms with Gasteiger partial charge in [-0.2, -0.15) is 31.4 Å². The molecule has 1 aromatic heterocycles. The van der Waals surface area contributed by atoms with Gasteiger partial charge in [-0.05, 0) is 49.4 Å². The molecule has 0 aliphatic carbocycles. The van der Waals surface area contributed by atoms with Crippen LogP contribution in [0.15, 0.2) is 58.2 Å². The van der Waals surface area contributed by atoms with E-state index in [1.807, 2.05) is 0 Å². The van der Waals surface area contributed by atoms with E-state index in [4.69, 9.17) is 8.92 Å². The lowest BCUT2D eigenvalue weighted by molar-refractivity contribution is -0.140. The number of benzene rings is 2. The second-order valence-electron chi connectivity index (χ2n) is 6.48. The van der Waals surface area contributed by atoms with E-state index in [0.29, 0.717) is 16.8 Å². The molecule has 0 spiro atoms. The normalized spacial score (nSPS) is 11.8. The zero-order valence-electron chi connectivity index (χ0n) is 17.0. The first-order valence-corrected chi connectivity index (χ1v) is 10.6. The molecular weight excluding hydrogens is 491 g/mol. The number of hydrogen-bond acceptors (Lipinski definition) is 7. The van der Waals surface area contributed by atoms with Crippen molar-refractivity contribution >= 4 is 16.1 Å². The Morgan fingerprint density at radius 3 is 2.29 bits per heavy atom. The van der Waals surface area contributed by atoms with Crippen LogP contribution in [0, 0.1) is 11.6 Å². The number of aromatic nitrogens is 2. The molecule has 0 amide bonds. The third-order valence-electron chi connectivity index (χ3n) is 4.17. The van der Waals surface area contributed by atoms with Crippen LogP contribution in [-0.2, 0) is 21.0 Å². The summed E-state index contributed by atoms with van der Waals surface area (Å²) < 4.78 is 101. The fourth-order valence-corrected chi connectivity index (χ4v) is 3.61. The van der Waals surface area contributed by atoms with Crippen LogP contribution in [0.1, 0.15) is 23.0 Å². The number of ether oxygens (including phenoxy) is 1. The van der Waals surface area contributed by atoms with Gasteiger partial charge in [-0.3, -0.25) is 4.79 Å². The standard InChI is InChI=1S/C20H13F5N2O6S/c1-2-32-19(29)18-16(10-17(28)27(26-18)12-5-3-11(21)4-6-12)33-34(30,31)13-7-8-15(22)14(9-13)20(23,24)25/h3-10H,2H2,1H3. The van der Waals surface area contributed by atoms with Crippen LogP contribution in [0.5, 0.6) is 5.75 Å². The van der Waals surface area contributed by atoms with Crippen LogP contribution >= 0.6 is 0 Å². The third kappa shape index (κ3) is 5.22. The van der Waals surface area contributed by atoms with Gasteiger partial charge in [0.1, 0.15) is 16.5 Å². The monoisotopic (exact) mass is 504 g/mol. The highest BCUT2D eigenvalue weighted by Gasteiger charge is 2.36. The Kier molecular flexibility index (Phi) is 6.72. The zero-order chi connectivity index (χ0) is 25.3. The SMILES string of the molecule is CCOC(=O)c1nn(-c2ccc(F)cc2)c(=O)cc1OS(=O)(=O)c1ccc(F)c(C(F)(F)F)c1. The second-order valence-corrected chi connectivity index (χ2v) is 8.03. The van der Waals surface area contributed by atoms with Crippen molar-refractivity contribution in [3.8, 4) is 11.4 Å². The predicted octanol–water partition coefficient (Wildman–Crippen LogP) is 3.47. The van der Waals surface area contributed by atoms with Crippen molar-refractivity contribution in [2.75, 3.05) is 6.61 Å². The Labute approximate surface area is 188 Å². The topological polar surface area (TPSA) is 105 Å². The molecule has 0 saturated heterocycles. The molecule has 3 aromatic rings. The molecular formula is C20H13F5N2O6S. The number of carbonyl (C=O) groups excluding carboxylic acids is 1. The first-order chi connectivity index (χ1) is 15.8. The van der Waals surface area contributed by atoms with Gasteiger partial charge in [0.05, 0.1) is 23.9 Å². The van der Waals surface area contributed by atoms with E-state index in [1.54, 1.807) is 0 Å². The fraction of sp³-hybridized carbons (Fsp3) is 0.150. The molecule has 0 atom stereocenters. The van der Waals surface area contributed by atoms with Crippen LogP contribution in [-0.4, -0.2) is 30.8 Å². The molecule has 8 nitrogen and oxygen atoms in total. The van der Waals surface area contributed by atoms with Gasteiger partial charge in [0.2, 0.25) is 5.69 Å². The van der Waals surface area contributed by atoms with Gasteiger partial charge in [0, 0.05) is 0 Å². The van der Waals surface area contributed by atoms with Gasteiger partial charge in [-0.25, -0.2) is 13.6 Å². The average molecular weight is 504 g/mol. The zero-order valence-corrected chi connectivity index (χ0v) is 17.8. The molecule has 0 radical (unpaired) electrons. The highest BCUT2D eigenvalue weighted by molar-refractivity contribution is 7.87. The number of nitrogens with zero attached hydrogens (tertiary/aromatic N) is 2. The van der Waals surface area contributed by atoms with E-state index in [-0.39, 0.29) is 24.4 Å². The second kappa shape index (κ2) is 9.21. The summed E-state index contributed by atoms with van der Waals surface area (Å²) in [7, 11) is -5.10. The quantitative estimate of drug-likeness (QED) is 0.288. The molecule has 0 unspecified atom stereocenters. The summed E-state index contributed by atoms with van der Waals surface area (Å²) in [5.41, 5.74) is -3.71. The number of hydrogen-bond donors (Lipinski definition) is 0. The summed E-state index contributed by atoms with van der Waals surface area (Å²) in [6, 6.07) is 5.61. The number of halogens is 5. The van der Waals surface area contributed by atoms with E-state index in [2.05, 4.69) is 5.10 Å². The molecule has 14 heteroatoms. The van der Waals surface area contributed by atoms with Crippen molar-refractivity contribution < 1.29 is 44.1 Å². The maximum atomic E-state index is 13.5. The fourth-order valence-electron chi connectivity index (χ4n) is 2.66. The number of esters is 1. The van der Waals surface area contributed by atoms with Crippen molar-refractivity contribution in [2.24, 2.45) is 0 Å². The summed E-state index contributed by atoms with van der Waals surface area (Å²) in [6.07, 6.45) is -5.21. The lowest BCUT2D eigenvalue weighted by atomic mass is 10.2. The van der Waals surface area contributed by atoms with Crippen molar-refractivity contribution in [1.82, 2.24) is 9.78 Å². The Bertz CT molecular complexity index is 1400. The van der Waals surface area contributed by atoms with Crippen molar-refractivity contribution in [1.29, 1.82) is 0 Å². The molecule has 0 aliphatic heterocycles. The van der Waals surface area contributed by atoms with Crippen molar-refractivity contribution in [2.45, 2.75) is 18.0 Å². The molecule has 0 saturated carbocycles. The lowest BCUT2D eigenvalue weighted by Crippen LogP contribution is -2.26. The number of rotatable bonds is 6. The molecule has 0 fully saturated rings. The minimum atomic E-state index is -5.21. The van der Waals surface area contributed by atoms with Crippen LogP contribution in [0.2, 0.25) is 0 Å². The molecule has 0 bridgehead atoms. The average Bonchev–Trinajstić information content (AvgIpc) is 2.74. The summed E-state index contributed by atoms with van der Waals surface area (Å²) in [6.45, 7) is 1.23. The van der Waals surface area contributed by atoms with Crippen LogP contribution < -0.4 is 9.74 Å². The van der Waals surface area contributed by atoms with Gasteiger partial charge in [-0.15, -0.1) is 0 Å². The molecule has 2 aromatic carbocycles. The maximum Gasteiger partial charge on any atom is 0.419 e. The highest BCUT2D eigenvalue weighted by atomic mass is 32.2. The first-order valence-electron chi connectivity index (χ1n) is 9.22. The van der Waals surface area contributed by atoms with Gasteiger partial charge < -0.3 is 8.92 Å². The van der Waals surface area contributed by atoms with Crippen LogP contribution in [0.3, 0.4) is 0 Å². The number of carbonyl (C=O) groups is 1. The Morgan fingerprint density at radius 1 is 1.06 bits per heavy atom. The smallest absolute Gasteiger partial charge is 0.419 e. The Morgan fingerprint density at radius 2 is 1.71 bits per heavy atom. The molecule has 180 valence electrons. The number of alkyl halides is 3. The minimum absolute atomic E-state index is 0.000269. The van der Waals surface area contributed by atoms with Gasteiger partial charge >= 0.3 is 22.3 Å². The lowest BCUT2D eigenvalue weighted by Gasteiger charge is -2.14. The summed E-state index contributed by atoms with van der Waals surface area (Å²) >= 11 is 0. The van der Waals surface area contributed by atoms with E-state index in [1.165, 1.54) is 6.92 Å². The molecule has 3 rings (SSSR count). The van der Waals surface area contributed by atoms with Crippen molar-refractivity contribution in [3.63, 3.8) is 0 Å².